The van der Waals surface area contributed by atoms with E-state index in [1.807, 2.05) is 17.0 Å². The zero-order valence-corrected chi connectivity index (χ0v) is 14.5. The van der Waals surface area contributed by atoms with Crippen LogP contribution in [0.25, 0.3) is 0 Å². The Kier molecular flexibility index (Phi) is 5.39. The highest BCUT2D eigenvalue weighted by molar-refractivity contribution is 5.79. The minimum Gasteiger partial charge on any atom is -0.497 e. The van der Waals surface area contributed by atoms with Crippen molar-refractivity contribution < 1.29 is 13.9 Å². The van der Waals surface area contributed by atoms with Crippen LogP contribution in [0.15, 0.2) is 24.3 Å². The Hall–Kier alpha value is -1.62. The summed E-state index contributed by atoms with van der Waals surface area (Å²) in [6, 6.07) is 8.20. The van der Waals surface area contributed by atoms with E-state index in [1.165, 1.54) is 5.56 Å². The molecule has 0 N–H and O–H groups in total. The summed E-state index contributed by atoms with van der Waals surface area (Å²) in [6.45, 7) is 2.73. The van der Waals surface area contributed by atoms with Gasteiger partial charge in [-0.15, -0.1) is 0 Å². The fourth-order valence-corrected chi connectivity index (χ4v) is 4.22. The van der Waals surface area contributed by atoms with Crippen molar-refractivity contribution >= 4 is 5.91 Å². The molecule has 1 spiro atoms. The Labute approximate surface area is 143 Å². The number of rotatable bonds is 5. The molecule has 3 rings (SSSR count). The molecule has 0 aromatic heterocycles. The third-order valence-corrected chi connectivity index (χ3v) is 5.56. The van der Waals surface area contributed by atoms with Gasteiger partial charge in [-0.3, -0.25) is 9.69 Å². The molecule has 2 heterocycles. The number of likely N-dealkylation sites (tertiary alicyclic amines) is 2. The average molecular weight is 334 g/mol. The van der Waals surface area contributed by atoms with Crippen molar-refractivity contribution in [1.82, 2.24) is 9.80 Å². The molecule has 0 saturated carbocycles. The van der Waals surface area contributed by atoms with Gasteiger partial charge in [-0.05, 0) is 49.9 Å². The van der Waals surface area contributed by atoms with Gasteiger partial charge in [0.15, 0.2) is 0 Å². The molecule has 24 heavy (non-hydrogen) atoms. The van der Waals surface area contributed by atoms with E-state index in [9.17, 15) is 9.18 Å². The van der Waals surface area contributed by atoms with E-state index in [-0.39, 0.29) is 18.0 Å². The van der Waals surface area contributed by atoms with Gasteiger partial charge >= 0.3 is 0 Å². The molecule has 1 aromatic rings. The molecule has 4 nitrogen and oxygen atoms in total. The standard InChI is InChI=1S/C19H27FN2O2/c1-24-17-5-3-16(4-6-17)15-21-12-2-8-19(10-13-21)9-7-18(23)22(19)14-11-20/h3-6H,2,7-15H2,1H3/t19-/m0/s1. The molecule has 0 aliphatic carbocycles. The van der Waals surface area contributed by atoms with Crippen molar-refractivity contribution in [2.24, 2.45) is 0 Å². The first-order valence-corrected chi connectivity index (χ1v) is 8.89. The van der Waals surface area contributed by atoms with Crippen LogP contribution in [-0.4, -0.2) is 54.7 Å². The van der Waals surface area contributed by atoms with E-state index < -0.39 is 6.67 Å². The minimum atomic E-state index is -0.441. The van der Waals surface area contributed by atoms with Gasteiger partial charge in [-0.2, -0.15) is 0 Å². The quantitative estimate of drug-likeness (QED) is 0.830. The molecule has 0 bridgehead atoms. The molecule has 1 amide bonds. The number of methoxy groups -OCH3 is 1. The molecule has 1 aromatic carbocycles. The summed E-state index contributed by atoms with van der Waals surface area (Å²) < 4.78 is 18.1. The van der Waals surface area contributed by atoms with Crippen LogP contribution in [0.1, 0.15) is 37.7 Å². The van der Waals surface area contributed by atoms with E-state index in [1.54, 1.807) is 7.11 Å². The van der Waals surface area contributed by atoms with Crippen LogP contribution in [0.3, 0.4) is 0 Å². The third kappa shape index (κ3) is 3.56. The Morgan fingerprint density at radius 1 is 1.17 bits per heavy atom. The van der Waals surface area contributed by atoms with Crippen LogP contribution in [0.4, 0.5) is 4.39 Å². The summed E-state index contributed by atoms with van der Waals surface area (Å²) in [4.78, 5) is 16.4. The molecule has 2 saturated heterocycles. The van der Waals surface area contributed by atoms with E-state index in [4.69, 9.17) is 4.74 Å². The fraction of sp³-hybridized carbons (Fsp3) is 0.632. The largest absolute Gasteiger partial charge is 0.497 e. The fourth-order valence-electron chi connectivity index (χ4n) is 4.22. The zero-order chi connectivity index (χ0) is 17.0. The topological polar surface area (TPSA) is 32.8 Å². The number of carbonyl (C=O) groups excluding carboxylic acids is 1. The van der Waals surface area contributed by atoms with Gasteiger partial charge in [0.25, 0.3) is 0 Å². The van der Waals surface area contributed by atoms with Crippen molar-refractivity contribution in [3.05, 3.63) is 29.8 Å². The number of alkyl halides is 1. The van der Waals surface area contributed by atoms with Gasteiger partial charge in [0.2, 0.25) is 5.91 Å². The predicted molar refractivity (Wildman–Crippen MR) is 91.8 cm³/mol. The van der Waals surface area contributed by atoms with E-state index in [0.717, 1.165) is 51.1 Å². The van der Waals surface area contributed by atoms with E-state index >= 15 is 0 Å². The lowest BCUT2D eigenvalue weighted by Crippen LogP contribution is -2.47. The van der Waals surface area contributed by atoms with Crippen LogP contribution >= 0.6 is 0 Å². The first-order valence-electron chi connectivity index (χ1n) is 8.89. The molecular formula is C19H27FN2O2. The van der Waals surface area contributed by atoms with Gasteiger partial charge in [0.1, 0.15) is 12.4 Å². The van der Waals surface area contributed by atoms with Crippen LogP contribution in [0.2, 0.25) is 0 Å². The molecule has 5 heteroatoms. The van der Waals surface area contributed by atoms with Crippen molar-refractivity contribution in [2.45, 2.75) is 44.2 Å². The molecule has 2 fully saturated rings. The number of hydrogen-bond acceptors (Lipinski definition) is 3. The molecule has 1 atom stereocenters. The Morgan fingerprint density at radius 2 is 1.96 bits per heavy atom. The SMILES string of the molecule is COc1ccc(CN2CCC[C@]3(CCC(=O)N3CCF)CC2)cc1. The van der Waals surface area contributed by atoms with E-state index in [0.29, 0.717) is 6.42 Å². The van der Waals surface area contributed by atoms with E-state index in [2.05, 4.69) is 17.0 Å². The number of ether oxygens (including phenoxy) is 1. The van der Waals surface area contributed by atoms with Crippen LogP contribution in [-0.2, 0) is 11.3 Å². The lowest BCUT2D eigenvalue weighted by molar-refractivity contribution is -0.131. The summed E-state index contributed by atoms with van der Waals surface area (Å²) in [6.07, 6.45) is 4.49. The van der Waals surface area contributed by atoms with Crippen molar-refractivity contribution in [3.8, 4) is 5.75 Å². The Bertz CT molecular complexity index is 563. The molecular weight excluding hydrogens is 307 g/mol. The normalized spacial score (nSPS) is 25.2. The summed E-state index contributed by atoms with van der Waals surface area (Å²) in [5.41, 5.74) is 1.17. The van der Waals surface area contributed by atoms with Gasteiger partial charge in [-0.1, -0.05) is 12.1 Å². The van der Waals surface area contributed by atoms with Gasteiger partial charge < -0.3 is 9.64 Å². The lowest BCUT2D eigenvalue weighted by atomic mass is 9.88. The van der Waals surface area contributed by atoms with Crippen LogP contribution < -0.4 is 4.74 Å². The molecule has 0 unspecified atom stereocenters. The van der Waals surface area contributed by atoms with Crippen molar-refractivity contribution in [1.29, 1.82) is 0 Å². The summed E-state index contributed by atoms with van der Waals surface area (Å²) in [7, 11) is 1.68. The number of hydrogen-bond donors (Lipinski definition) is 0. The third-order valence-electron chi connectivity index (χ3n) is 5.56. The Morgan fingerprint density at radius 3 is 2.67 bits per heavy atom. The predicted octanol–water partition coefficient (Wildman–Crippen LogP) is 3.01. The number of benzene rings is 1. The molecule has 2 aliphatic heterocycles. The highest BCUT2D eigenvalue weighted by Crippen LogP contribution is 2.39. The summed E-state index contributed by atoms with van der Waals surface area (Å²) in [5, 5.41) is 0. The molecule has 2 aliphatic rings. The second-order valence-electron chi connectivity index (χ2n) is 6.94. The highest BCUT2D eigenvalue weighted by atomic mass is 19.1. The lowest BCUT2D eigenvalue weighted by Gasteiger charge is -2.37. The van der Waals surface area contributed by atoms with Crippen LogP contribution in [0, 0.1) is 0 Å². The number of nitrogens with zero attached hydrogens (tertiary/aromatic N) is 2. The molecule has 132 valence electrons. The minimum absolute atomic E-state index is 0.0994. The monoisotopic (exact) mass is 334 g/mol. The summed E-state index contributed by atoms with van der Waals surface area (Å²) >= 11 is 0. The Balaban J connectivity index is 1.63. The van der Waals surface area contributed by atoms with Crippen molar-refractivity contribution in [3.63, 3.8) is 0 Å². The first kappa shape index (κ1) is 17.2. The number of amides is 1. The molecule has 0 radical (unpaired) electrons. The van der Waals surface area contributed by atoms with Gasteiger partial charge in [0.05, 0.1) is 7.11 Å². The first-order chi connectivity index (χ1) is 11.7. The number of carbonyl (C=O) groups is 1. The van der Waals surface area contributed by atoms with Crippen molar-refractivity contribution in [2.75, 3.05) is 33.4 Å². The zero-order valence-electron chi connectivity index (χ0n) is 14.5. The maximum Gasteiger partial charge on any atom is 0.223 e. The second kappa shape index (κ2) is 7.51. The maximum atomic E-state index is 12.9. The average Bonchev–Trinajstić information content (AvgIpc) is 2.78. The summed E-state index contributed by atoms with van der Waals surface area (Å²) in [5.74, 6) is 1.01. The van der Waals surface area contributed by atoms with Gasteiger partial charge in [0, 0.05) is 31.6 Å². The maximum absolute atomic E-state index is 12.9. The number of halogens is 1. The second-order valence-corrected chi connectivity index (χ2v) is 6.94. The highest BCUT2D eigenvalue weighted by Gasteiger charge is 2.45. The smallest absolute Gasteiger partial charge is 0.223 e. The van der Waals surface area contributed by atoms with Gasteiger partial charge in [-0.25, -0.2) is 4.39 Å². The van der Waals surface area contributed by atoms with Crippen LogP contribution in [0.5, 0.6) is 5.75 Å².